The lowest BCUT2D eigenvalue weighted by Gasteiger charge is -2.13. The first-order valence-corrected chi connectivity index (χ1v) is 9.40. The van der Waals surface area contributed by atoms with Crippen molar-refractivity contribution in [3.63, 3.8) is 0 Å². The predicted molar refractivity (Wildman–Crippen MR) is 90.3 cm³/mol. The van der Waals surface area contributed by atoms with Crippen molar-refractivity contribution in [2.75, 3.05) is 6.26 Å². The molecule has 0 aliphatic rings. The van der Waals surface area contributed by atoms with E-state index in [2.05, 4.69) is 5.10 Å². The number of benzene rings is 1. The van der Waals surface area contributed by atoms with Gasteiger partial charge >= 0.3 is 0 Å². The van der Waals surface area contributed by atoms with Crippen molar-refractivity contribution in [3.05, 3.63) is 45.2 Å². The van der Waals surface area contributed by atoms with Crippen LogP contribution in [-0.2, 0) is 16.4 Å². The Labute approximate surface area is 145 Å². The van der Waals surface area contributed by atoms with Crippen LogP contribution in [0.5, 0.6) is 0 Å². The maximum atomic E-state index is 12.0. The van der Waals surface area contributed by atoms with Gasteiger partial charge in [0.15, 0.2) is 9.84 Å². The van der Waals surface area contributed by atoms with Gasteiger partial charge in [-0.15, -0.1) is 0 Å². The Morgan fingerprint density at radius 1 is 1.26 bits per heavy atom. The van der Waals surface area contributed by atoms with Gasteiger partial charge in [-0.25, -0.2) is 8.42 Å². The van der Waals surface area contributed by atoms with Gasteiger partial charge in [0.1, 0.15) is 0 Å². The molecule has 0 bridgehead atoms. The van der Waals surface area contributed by atoms with Gasteiger partial charge in [0.05, 0.1) is 27.7 Å². The average molecular weight is 375 g/mol. The van der Waals surface area contributed by atoms with Crippen LogP contribution in [0.15, 0.2) is 17.0 Å². The molecule has 2 aromatic rings. The average Bonchev–Trinajstić information content (AvgIpc) is 2.66. The van der Waals surface area contributed by atoms with E-state index in [0.717, 1.165) is 23.2 Å². The molecule has 0 spiro atoms. The van der Waals surface area contributed by atoms with E-state index in [-0.39, 0.29) is 22.0 Å². The van der Waals surface area contributed by atoms with Crippen LogP contribution in [0.1, 0.15) is 32.9 Å². The van der Waals surface area contributed by atoms with Crippen molar-refractivity contribution < 1.29 is 13.2 Å². The van der Waals surface area contributed by atoms with Gasteiger partial charge in [0, 0.05) is 17.5 Å². The molecule has 0 fully saturated rings. The third-order valence-electron chi connectivity index (χ3n) is 3.86. The predicted octanol–water partition coefficient (Wildman–Crippen LogP) is 3.29. The molecule has 0 atom stereocenters. The fourth-order valence-electron chi connectivity index (χ4n) is 2.34. The lowest BCUT2D eigenvalue weighted by molar-refractivity contribution is 0.108. The van der Waals surface area contributed by atoms with E-state index in [9.17, 15) is 13.2 Å². The molecule has 0 aliphatic carbocycles. The number of rotatable bonds is 4. The van der Waals surface area contributed by atoms with E-state index in [1.165, 1.54) is 12.1 Å². The van der Waals surface area contributed by atoms with Crippen LogP contribution in [0.25, 0.3) is 0 Å². The second kappa shape index (κ2) is 6.26. The van der Waals surface area contributed by atoms with Gasteiger partial charge in [-0.2, -0.15) is 5.10 Å². The minimum absolute atomic E-state index is 0.0399. The molecule has 0 aliphatic heterocycles. The van der Waals surface area contributed by atoms with Crippen LogP contribution in [-0.4, -0.2) is 29.7 Å². The Kier molecular flexibility index (Phi) is 4.89. The Morgan fingerprint density at radius 2 is 1.87 bits per heavy atom. The number of carbonyl (C=O) groups is 1. The zero-order chi connectivity index (χ0) is 17.5. The monoisotopic (exact) mass is 374 g/mol. The number of nitrogens with zero attached hydrogens (tertiary/aromatic N) is 2. The molecule has 0 radical (unpaired) electrons. The molecule has 23 heavy (non-hydrogen) atoms. The number of aryl methyl sites for hydroxylation is 1. The Bertz CT molecular complexity index is 902. The summed E-state index contributed by atoms with van der Waals surface area (Å²) in [7, 11) is -3.51. The second-order valence-electron chi connectivity index (χ2n) is 5.40. The minimum Gasteiger partial charge on any atom is -0.276 e. The van der Waals surface area contributed by atoms with E-state index in [4.69, 9.17) is 23.2 Å². The van der Waals surface area contributed by atoms with Gasteiger partial charge in [0.2, 0.25) is 0 Å². The topological polar surface area (TPSA) is 69.0 Å². The summed E-state index contributed by atoms with van der Waals surface area (Å²) in [6.07, 6.45) is 1.09. The Balaban J connectivity index is 2.70. The molecule has 0 unspecified atom stereocenters. The maximum Gasteiger partial charge on any atom is 0.253 e. The maximum absolute atomic E-state index is 12.0. The molecule has 1 aromatic carbocycles. The SMILES string of the molecule is Cc1nn(Cc2c(S(C)(=O)=O)ccc(C(=O)Cl)c2Cl)c(C)c1C. The van der Waals surface area contributed by atoms with E-state index in [1.54, 1.807) is 4.68 Å². The quantitative estimate of drug-likeness (QED) is 0.769. The zero-order valence-corrected chi connectivity index (χ0v) is 15.5. The molecule has 2 rings (SSSR count). The van der Waals surface area contributed by atoms with Crippen LogP contribution < -0.4 is 0 Å². The highest BCUT2D eigenvalue weighted by atomic mass is 35.5. The molecular formula is C15H16Cl2N2O3S. The molecule has 0 saturated heterocycles. The summed E-state index contributed by atoms with van der Waals surface area (Å²) in [4.78, 5) is 11.5. The summed E-state index contributed by atoms with van der Waals surface area (Å²) in [5.41, 5.74) is 3.16. The molecule has 0 amide bonds. The van der Waals surface area contributed by atoms with Crippen LogP contribution in [0.4, 0.5) is 0 Å². The number of hydrogen-bond acceptors (Lipinski definition) is 4. The third-order valence-corrected chi connectivity index (χ3v) is 5.68. The molecule has 124 valence electrons. The van der Waals surface area contributed by atoms with Crippen LogP contribution in [0.3, 0.4) is 0 Å². The van der Waals surface area contributed by atoms with E-state index in [0.29, 0.717) is 5.56 Å². The highest BCUT2D eigenvalue weighted by Gasteiger charge is 2.22. The smallest absolute Gasteiger partial charge is 0.253 e. The first kappa shape index (κ1) is 18.0. The van der Waals surface area contributed by atoms with E-state index >= 15 is 0 Å². The summed E-state index contributed by atoms with van der Waals surface area (Å²) in [6, 6.07) is 2.68. The van der Waals surface area contributed by atoms with Gasteiger partial charge in [0.25, 0.3) is 5.24 Å². The number of aromatic nitrogens is 2. The van der Waals surface area contributed by atoms with Crippen LogP contribution >= 0.6 is 23.2 Å². The molecule has 0 N–H and O–H groups in total. The van der Waals surface area contributed by atoms with Crippen molar-refractivity contribution in [2.45, 2.75) is 32.2 Å². The Morgan fingerprint density at radius 3 is 2.30 bits per heavy atom. The fraction of sp³-hybridized carbons (Fsp3) is 0.333. The zero-order valence-electron chi connectivity index (χ0n) is 13.1. The third kappa shape index (κ3) is 3.44. The number of sulfone groups is 1. The molecule has 5 nitrogen and oxygen atoms in total. The number of halogens is 2. The fourth-order valence-corrected chi connectivity index (χ4v) is 3.84. The number of hydrogen-bond donors (Lipinski definition) is 0. The Hall–Kier alpha value is -1.37. The highest BCUT2D eigenvalue weighted by molar-refractivity contribution is 7.90. The molecule has 0 saturated carbocycles. The second-order valence-corrected chi connectivity index (χ2v) is 8.11. The molecular weight excluding hydrogens is 359 g/mol. The van der Waals surface area contributed by atoms with E-state index < -0.39 is 15.1 Å². The lowest BCUT2D eigenvalue weighted by Crippen LogP contribution is -2.12. The van der Waals surface area contributed by atoms with E-state index in [1.807, 2.05) is 20.8 Å². The highest BCUT2D eigenvalue weighted by Crippen LogP contribution is 2.30. The van der Waals surface area contributed by atoms with Gasteiger partial charge in [-0.3, -0.25) is 9.48 Å². The van der Waals surface area contributed by atoms with Crippen LogP contribution in [0, 0.1) is 20.8 Å². The first-order valence-electron chi connectivity index (χ1n) is 6.76. The van der Waals surface area contributed by atoms with Gasteiger partial charge in [-0.05, 0) is 50.1 Å². The van der Waals surface area contributed by atoms with Gasteiger partial charge in [-0.1, -0.05) is 11.6 Å². The summed E-state index contributed by atoms with van der Waals surface area (Å²) in [5, 5.41) is 3.69. The number of carbonyl (C=O) groups excluding carboxylic acids is 1. The van der Waals surface area contributed by atoms with Gasteiger partial charge < -0.3 is 0 Å². The van der Waals surface area contributed by atoms with Crippen molar-refractivity contribution in [1.82, 2.24) is 9.78 Å². The normalized spacial score (nSPS) is 11.7. The molecule has 1 aromatic heterocycles. The first-order chi connectivity index (χ1) is 10.5. The largest absolute Gasteiger partial charge is 0.276 e. The van der Waals surface area contributed by atoms with Crippen molar-refractivity contribution in [3.8, 4) is 0 Å². The summed E-state index contributed by atoms with van der Waals surface area (Å²) in [5.74, 6) is 0. The van der Waals surface area contributed by atoms with Crippen molar-refractivity contribution in [1.29, 1.82) is 0 Å². The lowest BCUT2D eigenvalue weighted by atomic mass is 10.1. The molecule has 8 heteroatoms. The standard InChI is InChI=1S/C15H16Cl2N2O3S/c1-8-9(2)18-19(10(8)3)7-12-13(23(4,21)22)6-5-11(14(12)16)15(17)20/h5-6H,7H2,1-4H3. The van der Waals surface area contributed by atoms with Crippen molar-refractivity contribution in [2.24, 2.45) is 0 Å². The molecule has 1 heterocycles. The summed E-state index contributed by atoms with van der Waals surface area (Å²) in [6.45, 7) is 5.84. The minimum atomic E-state index is -3.51. The summed E-state index contributed by atoms with van der Waals surface area (Å²) < 4.78 is 25.7. The van der Waals surface area contributed by atoms with Crippen molar-refractivity contribution >= 4 is 38.3 Å². The summed E-state index contributed by atoms with van der Waals surface area (Å²) >= 11 is 11.8. The van der Waals surface area contributed by atoms with Crippen LogP contribution in [0.2, 0.25) is 5.02 Å².